The number of para-hydroxylation sites is 2. The Bertz CT molecular complexity index is 1180. The van der Waals surface area contributed by atoms with Crippen LogP contribution in [0.5, 0.6) is 0 Å². The average molecular weight is 331 g/mol. The summed E-state index contributed by atoms with van der Waals surface area (Å²) in [4.78, 5) is 33.1. The van der Waals surface area contributed by atoms with E-state index in [1.807, 2.05) is 50.2 Å². The first-order valence-electron chi connectivity index (χ1n) is 8.11. The standard InChI is InChI=1S/C20H17N3O2/c1-12-6-5-8-15-19(12)21-11-23(20(15)25)10-17(24)18-13(2)22-16-9-4-3-7-14(16)18/h3-9,11,22H,10H2,1-2H3. The third-order valence-corrected chi connectivity index (χ3v) is 4.54. The summed E-state index contributed by atoms with van der Waals surface area (Å²) in [6.45, 7) is 3.76. The number of Topliss-reactive ketones (excluding diaryl/α,β-unsaturated/α-hetero) is 1. The number of hydrogen-bond acceptors (Lipinski definition) is 3. The van der Waals surface area contributed by atoms with Gasteiger partial charge in [0.15, 0.2) is 5.78 Å². The van der Waals surface area contributed by atoms with Gasteiger partial charge in [0.05, 0.1) is 23.8 Å². The molecule has 2 heterocycles. The number of aromatic amines is 1. The Morgan fingerprint density at radius 3 is 2.68 bits per heavy atom. The zero-order valence-corrected chi connectivity index (χ0v) is 14.0. The Kier molecular flexibility index (Phi) is 3.50. The monoisotopic (exact) mass is 331 g/mol. The fourth-order valence-electron chi connectivity index (χ4n) is 3.32. The Labute approximate surface area is 143 Å². The molecule has 0 aliphatic carbocycles. The molecule has 0 amide bonds. The van der Waals surface area contributed by atoms with E-state index in [9.17, 15) is 9.59 Å². The van der Waals surface area contributed by atoms with E-state index in [4.69, 9.17) is 0 Å². The van der Waals surface area contributed by atoms with E-state index in [-0.39, 0.29) is 17.9 Å². The molecule has 2 aromatic carbocycles. The van der Waals surface area contributed by atoms with Gasteiger partial charge in [-0.2, -0.15) is 0 Å². The molecule has 4 aromatic rings. The lowest BCUT2D eigenvalue weighted by atomic mass is 10.1. The molecule has 0 aliphatic rings. The molecule has 0 saturated carbocycles. The molecule has 124 valence electrons. The van der Waals surface area contributed by atoms with E-state index in [0.29, 0.717) is 16.5 Å². The van der Waals surface area contributed by atoms with Crippen molar-refractivity contribution in [2.45, 2.75) is 20.4 Å². The van der Waals surface area contributed by atoms with E-state index in [1.165, 1.54) is 10.9 Å². The van der Waals surface area contributed by atoms with Gasteiger partial charge in [-0.1, -0.05) is 30.3 Å². The molecule has 0 spiro atoms. The largest absolute Gasteiger partial charge is 0.358 e. The maximum Gasteiger partial charge on any atom is 0.261 e. The number of aryl methyl sites for hydroxylation is 2. The average Bonchev–Trinajstić information content (AvgIpc) is 2.93. The van der Waals surface area contributed by atoms with Crippen LogP contribution < -0.4 is 5.56 Å². The van der Waals surface area contributed by atoms with Gasteiger partial charge in [-0.3, -0.25) is 14.2 Å². The van der Waals surface area contributed by atoms with Gasteiger partial charge in [0.1, 0.15) is 0 Å². The fraction of sp³-hybridized carbons (Fsp3) is 0.150. The highest BCUT2D eigenvalue weighted by Crippen LogP contribution is 2.22. The van der Waals surface area contributed by atoms with Gasteiger partial charge in [-0.25, -0.2) is 4.98 Å². The molecule has 0 atom stereocenters. The number of H-pyrrole nitrogens is 1. The van der Waals surface area contributed by atoms with Crippen molar-refractivity contribution in [1.29, 1.82) is 0 Å². The van der Waals surface area contributed by atoms with E-state index in [0.717, 1.165) is 22.2 Å². The highest BCUT2D eigenvalue weighted by atomic mass is 16.1. The molecule has 1 N–H and O–H groups in total. The van der Waals surface area contributed by atoms with E-state index in [2.05, 4.69) is 9.97 Å². The second-order valence-electron chi connectivity index (χ2n) is 6.24. The van der Waals surface area contributed by atoms with Crippen LogP contribution in [0.3, 0.4) is 0 Å². The van der Waals surface area contributed by atoms with Crippen LogP contribution >= 0.6 is 0 Å². The molecular formula is C20H17N3O2. The number of carbonyl (C=O) groups excluding carboxylic acids is 1. The molecule has 0 unspecified atom stereocenters. The number of nitrogens with one attached hydrogen (secondary N) is 1. The Balaban J connectivity index is 1.78. The SMILES string of the molecule is Cc1[nH]c2ccccc2c1C(=O)Cn1cnc2c(C)cccc2c1=O. The lowest BCUT2D eigenvalue weighted by Gasteiger charge is -2.07. The lowest BCUT2D eigenvalue weighted by Crippen LogP contribution is -2.25. The van der Waals surface area contributed by atoms with Gasteiger partial charge in [0.25, 0.3) is 5.56 Å². The zero-order valence-electron chi connectivity index (χ0n) is 14.0. The van der Waals surface area contributed by atoms with Gasteiger partial charge in [0.2, 0.25) is 0 Å². The maximum atomic E-state index is 12.9. The number of fused-ring (bicyclic) bond motifs is 2. The summed E-state index contributed by atoms with van der Waals surface area (Å²) < 4.78 is 1.38. The fourth-order valence-corrected chi connectivity index (χ4v) is 3.32. The van der Waals surface area contributed by atoms with Gasteiger partial charge >= 0.3 is 0 Å². The molecule has 0 radical (unpaired) electrons. The van der Waals surface area contributed by atoms with Crippen LogP contribution in [-0.4, -0.2) is 20.3 Å². The van der Waals surface area contributed by atoms with Gasteiger partial charge in [0, 0.05) is 22.2 Å². The topological polar surface area (TPSA) is 67.8 Å². The molecule has 5 heteroatoms. The van der Waals surface area contributed by atoms with Crippen molar-refractivity contribution in [2.24, 2.45) is 0 Å². The minimum atomic E-state index is -0.195. The number of nitrogens with zero attached hydrogens (tertiary/aromatic N) is 2. The summed E-state index contributed by atoms with van der Waals surface area (Å²) in [6.07, 6.45) is 1.46. The predicted molar refractivity (Wildman–Crippen MR) is 98.1 cm³/mol. The minimum Gasteiger partial charge on any atom is -0.358 e. The van der Waals surface area contributed by atoms with E-state index in [1.54, 1.807) is 6.07 Å². The highest BCUT2D eigenvalue weighted by Gasteiger charge is 2.17. The number of hydrogen-bond donors (Lipinski definition) is 1. The van der Waals surface area contributed by atoms with Crippen LogP contribution in [-0.2, 0) is 6.54 Å². The molecule has 25 heavy (non-hydrogen) atoms. The van der Waals surface area contributed by atoms with Crippen LogP contribution in [0.4, 0.5) is 0 Å². The summed E-state index contributed by atoms with van der Waals surface area (Å²) in [5.74, 6) is -0.106. The zero-order chi connectivity index (χ0) is 17.6. The van der Waals surface area contributed by atoms with E-state index >= 15 is 0 Å². The van der Waals surface area contributed by atoms with Crippen molar-refractivity contribution in [1.82, 2.24) is 14.5 Å². The molecule has 0 saturated heterocycles. The third kappa shape index (κ3) is 2.45. The first-order chi connectivity index (χ1) is 12.1. The van der Waals surface area contributed by atoms with Crippen molar-refractivity contribution in [2.75, 3.05) is 0 Å². The second-order valence-corrected chi connectivity index (χ2v) is 6.24. The molecular weight excluding hydrogens is 314 g/mol. The number of rotatable bonds is 3. The predicted octanol–water partition coefficient (Wildman–Crippen LogP) is 3.38. The van der Waals surface area contributed by atoms with Crippen LogP contribution in [0.15, 0.2) is 53.6 Å². The molecule has 5 nitrogen and oxygen atoms in total. The van der Waals surface area contributed by atoms with Crippen molar-refractivity contribution < 1.29 is 4.79 Å². The minimum absolute atomic E-state index is 0.0294. The summed E-state index contributed by atoms with van der Waals surface area (Å²) >= 11 is 0. The van der Waals surface area contributed by atoms with Gasteiger partial charge in [-0.15, -0.1) is 0 Å². The molecule has 4 rings (SSSR count). The summed E-state index contributed by atoms with van der Waals surface area (Å²) in [5.41, 5.74) is 3.79. The van der Waals surface area contributed by atoms with Crippen molar-refractivity contribution >= 4 is 27.6 Å². The van der Waals surface area contributed by atoms with Gasteiger partial charge in [-0.05, 0) is 31.5 Å². The second kappa shape index (κ2) is 5.70. The number of ketones is 1. The van der Waals surface area contributed by atoms with E-state index < -0.39 is 0 Å². The quantitative estimate of drug-likeness (QED) is 0.585. The lowest BCUT2D eigenvalue weighted by molar-refractivity contribution is 0.0971. The summed E-state index contributed by atoms with van der Waals surface area (Å²) in [5, 5.41) is 1.41. The van der Waals surface area contributed by atoms with Crippen LogP contribution in [0.2, 0.25) is 0 Å². The molecule has 0 bridgehead atoms. The first kappa shape index (κ1) is 15.3. The number of aromatic nitrogens is 3. The Morgan fingerprint density at radius 1 is 1.08 bits per heavy atom. The highest BCUT2D eigenvalue weighted by molar-refractivity contribution is 6.09. The summed E-state index contributed by atoms with van der Waals surface area (Å²) in [6, 6.07) is 13.2. The number of benzene rings is 2. The van der Waals surface area contributed by atoms with Crippen LogP contribution in [0.25, 0.3) is 21.8 Å². The van der Waals surface area contributed by atoms with Crippen LogP contribution in [0.1, 0.15) is 21.6 Å². The van der Waals surface area contributed by atoms with Crippen molar-refractivity contribution in [3.8, 4) is 0 Å². The smallest absolute Gasteiger partial charge is 0.261 e. The van der Waals surface area contributed by atoms with Gasteiger partial charge < -0.3 is 4.98 Å². The molecule has 0 aliphatic heterocycles. The Hall–Kier alpha value is -3.21. The van der Waals surface area contributed by atoms with Crippen LogP contribution in [0, 0.1) is 13.8 Å². The Morgan fingerprint density at radius 2 is 1.84 bits per heavy atom. The normalized spacial score (nSPS) is 11.3. The molecule has 2 aromatic heterocycles. The molecule has 0 fully saturated rings. The maximum absolute atomic E-state index is 12.9. The van der Waals surface area contributed by atoms with Crippen molar-refractivity contribution in [3.63, 3.8) is 0 Å². The third-order valence-electron chi connectivity index (χ3n) is 4.54. The number of carbonyl (C=O) groups is 1. The van der Waals surface area contributed by atoms with Crippen molar-refractivity contribution in [3.05, 3.63) is 76.0 Å². The summed E-state index contributed by atoms with van der Waals surface area (Å²) in [7, 11) is 0. The first-order valence-corrected chi connectivity index (χ1v) is 8.11.